The van der Waals surface area contributed by atoms with Gasteiger partial charge in [-0.3, -0.25) is 0 Å². The number of phenolic OH excluding ortho intramolecular Hbond substituents is 1. The first-order valence-corrected chi connectivity index (χ1v) is 9.80. The minimum Gasteiger partial charge on any atom is -0.507 e. The third-order valence-electron chi connectivity index (χ3n) is 6.46. The van der Waals surface area contributed by atoms with Crippen LogP contribution in [-0.4, -0.2) is 45.4 Å². The van der Waals surface area contributed by atoms with Crippen molar-refractivity contribution in [3.05, 3.63) is 48.5 Å². The standard InChI is InChI=1S/C23H27N3O2/c1-15-21(11-12-26(4)23(15,2)3)28-22-10-9-19(24-25-22)18-13-16-7-5-6-8-17(16)14-20(18)27/h5-10,13-15,21,27H,11-12H2,1-4H3. The summed E-state index contributed by atoms with van der Waals surface area (Å²) in [5.41, 5.74) is 1.38. The van der Waals surface area contributed by atoms with Crippen LogP contribution in [0.5, 0.6) is 11.6 Å². The molecular weight excluding hydrogens is 350 g/mol. The van der Waals surface area contributed by atoms with Crippen molar-refractivity contribution in [3.63, 3.8) is 0 Å². The van der Waals surface area contributed by atoms with Crippen LogP contribution in [-0.2, 0) is 0 Å². The van der Waals surface area contributed by atoms with Crippen molar-refractivity contribution in [2.75, 3.05) is 13.6 Å². The zero-order chi connectivity index (χ0) is 19.9. The van der Waals surface area contributed by atoms with Crippen LogP contribution in [0.15, 0.2) is 48.5 Å². The zero-order valence-electron chi connectivity index (χ0n) is 16.9. The van der Waals surface area contributed by atoms with E-state index in [0.717, 1.165) is 23.7 Å². The highest BCUT2D eigenvalue weighted by atomic mass is 16.5. The van der Waals surface area contributed by atoms with Gasteiger partial charge in [-0.15, -0.1) is 10.2 Å². The van der Waals surface area contributed by atoms with Crippen LogP contribution in [0, 0.1) is 5.92 Å². The second-order valence-electron chi connectivity index (χ2n) is 8.28. The van der Waals surface area contributed by atoms with Gasteiger partial charge in [0.1, 0.15) is 11.9 Å². The van der Waals surface area contributed by atoms with E-state index in [0.29, 0.717) is 23.1 Å². The van der Waals surface area contributed by atoms with Gasteiger partial charge >= 0.3 is 0 Å². The summed E-state index contributed by atoms with van der Waals surface area (Å²) in [6.07, 6.45) is 1.08. The van der Waals surface area contributed by atoms with Gasteiger partial charge in [0.2, 0.25) is 5.88 Å². The lowest BCUT2D eigenvalue weighted by molar-refractivity contribution is -0.0301. The molecule has 0 spiro atoms. The smallest absolute Gasteiger partial charge is 0.233 e. The lowest BCUT2D eigenvalue weighted by Gasteiger charge is -2.48. The number of benzene rings is 2. The predicted octanol–water partition coefficient (Wildman–Crippen LogP) is 4.50. The molecule has 2 atom stereocenters. The number of aromatic hydroxyl groups is 1. The van der Waals surface area contributed by atoms with E-state index < -0.39 is 0 Å². The Balaban J connectivity index is 1.56. The maximum absolute atomic E-state index is 10.4. The molecule has 1 aliphatic rings. The van der Waals surface area contributed by atoms with Crippen molar-refractivity contribution in [2.24, 2.45) is 5.92 Å². The number of phenols is 1. The van der Waals surface area contributed by atoms with Crippen LogP contribution < -0.4 is 4.74 Å². The van der Waals surface area contributed by atoms with Crippen LogP contribution >= 0.6 is 0 Å². The number of nitrogens with zero attached hydrogens (tertiary/aromatic N) is 3. The van der Waals surface area contributed by atoms with Gasteiger partial charge in [-0.05, 0) is 56.3 Å². The molecule has 0 bridgehead atoms. The molecule has 146 valence electrons. The van der Waals surface area contributed by atoms with Crippen molar-refractivity contribution in [1.29, 1.82) is 0 Å². The molecule has 28 heavy (non-hydrogen) atoms. The second kappa shape index (κ2) is 7.06. The van der Waals surface area contributed by atoms with Crippen molar-refractivity contribution in [1.82, 2.24) is 15.1 Å². The molecule has 1 aromatic heterocycles. The first-order valence-electron chi connectivity index (χ1n) is 9.80. The quantitative estimate of drug-likeness (QED) is 0.728. The van der Waals surface area contributed by atoms with Gasteiger partial charge in [-0.25, -0.2) is 0 Å². The number of likely N-dealkylation sites (tertiary alicyclic amines) is 1. The molecule has 5 heteroatoms. The summed E-state index contributed by atoms with van der Waals surface area (Å²) in [6.45, 7) is 7.74. The Kier molecular flexibility index (Phi) is 4.71. The number of hydrogen-bond donors (Lipinski definition) is 1. The van der Waals surface area contributed by atoms with Crippen molar-refractivity contribution in [3.8, 4) is 22.9 Å². The van der Waals surface area contributed by atoms with Crippen molar-refractivity contribution in [2.45, 2.75) is 38.8 Å². The van der Waals surface area contributed by atoms with E-state index in [4.69, 9.17) is 4.74 Å². The highest BCUT2D eigenvalue weighted by Gasteiger charge is 2.40. The monoisotopic (exact) mass is 377 g/mol. The van der Waals surface area contributed by atoms with E-state index in [9.17, 15) is 5.11 Å². The van der Waals surface area contributed by atoms with Gasteiger partial charge in [-0.2, -0.15) is 0 Å². The Bertz CT molecular complexity index is 985. The molecule has 1 saturated heterocycles. The summed E-state index contributed by atoms with van der Waals surface area (Å²) < 4.78 is 6.18. The number of fused-ring (bicyclic) bond motifs is 1. The van der Waals surface area contributed by atoms with Crippen molar-refractivity contribution < 1.29 is 9.84 Å². The number of ether oxygens (including phenoxy) is 1. The molecule has 2 aromatic carbocycles. The van der Waals surface area contributed by atoms with E-state index in [2.05, 4.69) is 42.9 Å². The largest absolute Gasteiger partial charge is 0.507 e. The second-order valence-corrected chi connectivity index (χ2v) is 8.28. The molecule has 1 N–H and O–H groups in total. The van der Waals surface area contributed by atoms with Gasteiger partial charge in [0.15, 0.2) is 0 Å². The maximum Gasteiger partial charge on any atom is 0.233 e. The minimum absolute atomic E-state index is 0.0766. The summed E-state index contributed by atoms with van der Waals surface area (Å²) in [4.78, 5) is 2.38. The highest BCUT2D eigenvalue weighted by molar-refractivity contribution is 5.89. The minimum atomic E-state index is 0.0766. The lowest BCUT2D eigenvalue weighted by atomic mass is 9.79. The molecule has 0 radical (unpaired) electrons. The Morgan fingerprint density at radius 3 is 2.46 bits per heavy atom. The first kappa shape index (κ1) is 18.7. The molecule has 4 rings (SSSR count). The van der Waals surface area contributed by atoms with Gasteiger partial charge in [-0.1, -0.05) is 31.2 Å². The molecule has 0 amide bonds. The molecule has 0 aliphatic carbocycles. The summed E-state index contributed by atoms with van der Waals surface area (Å²) in [6, 6.07) is 15.3. The van der Waals surface area contributed by atoms with Gasteiger partial charge < -0.3 is 14.7 Å². The normalized spacial score (nSPS) is 22.3. The van der Waals surface area contributed by atoms with E-state index in [1.165, 1.54) is 0 Å². The SMILES string of the molecule is CC1C(Oc2ccc(-c3cc4ccccc4cc3O)nn2)CCN(C)C1(C)C. The summed E-state index contributed by atoms with van der Waals surface area (Å²) in [5, 5.41) is 21.0. The van der Waals surface area contributed by atoms with Gasteiger partial charge in [0.25, 0.3) is 0 Å². The Morgan fingerprint density at radius 1 is 1.07 bits per heavy atom. The van der Waals surface area contributed by atoms with Crippen LogP contribution in [0.2, 0.25) is 0 Å². The van der Waals surface area contributed by atoms with E-state index in [1.807, 2.05) is 42.5 Å². The number of hydrogen-bond acceptors (Lipinski definition) is 5. The summed E-state index contributed by atoms with van der Waals surface area (Å²) in [7, 11) is 2.16. The maximum atomic E-state index is 10.4. The molecular formula is C23H27N3O2. The first-order chi connectivity index (χ1) is 13.4. The third-order valence-corrected chi connectivity index (χ3v) is 6.46. The molecule has 2 unspecified atom stereocenters. The fraction of sp³-hybridized carbons (Fsp3) is 0.391. The summed E-state index contributed by atoms with van der Waals surface area (Å²) in [5.74, 6) is 1.10. The predicted molar refractivity (Wildman–Crippen MR) is 112 cm³/mol. The Hall–Kier alpha value is -2.66. The van der Waals surface area contributed by atoms with E-state index in [1.54, 1.807) is 6.07 Å². The fourth-order valence-corrected chi connectivity index (χ4v) is 3.94. The van der Waals surface area contributed by atoms with Gasteiger partial charge in [0.05, 0.1) is 5.69 Å². The zero-order valence-corrected chi connectivity index (χ0v) is 16.9. The van der Waals surface area contributed by atoms with Crippen LogP contribution in [0.25, 0.3) is 22.0 Å². The van der Waals surface area contributed by atoms with Crippen LogP contribution in [0.4, 0.5) is 0 Å². The molecule has 0 saturated carbocycles. The fourth-order valence-electron chi connectivity index (χ4n) is 3.94. The van der Waals surface area contributed by atoms with Crippen LogP contribution in [0.1, 0.15) is 27.2 Å². The number of piperidine rings is 1. The number of aromatic nitrogens is 2. The highest BCUT2D eigenvalue weighted by Crippen LogP contribution is 2.35. The average molecular weight is 377 g/mol. The average Bonchev–Trinajstić information content (AvgIpc) is 2.69. The third kappa shape index (κ3) is 3.31. The molecule has 5 nitrogen and oxygen atoms in total. The van der Waals surface area contributed by atoms with E-state index >= 15 is 0 Å². The molecule has 3 aromatic rings. The van der Waals surface area contributed by atoms with Crippen LogP contribution in [0.3, 0.4) is 0 Å². The lowest BCUT2D eigenvalue weighted by Crippen LogP contribution is -2.56. The van der Waals surface area contributed by atoms with E-state index in [-0.39, 0.29) is 17.4 Å². The van der Waals surface area contributed by atoms with Gasteiger partial charge in [0, 0.05) is 29.6 Å². The molecule has 1 aliphatic heterocycles. The Morgan fingerprint density at radius 2 is 1.79 bits per heavy atom. The Labute approximate surface area is 166 Å². The van der Waals surface area contributed by atoms with Crippen molar-refractivity contribution >= 4 is 10.8 Å². The number of rotatable bonds is 3. The topological polar surface area (TPSA) is 58.5 Å². The molecule has 2 heterocycles. The molecule has 1 fully saturated rings. The summed E-state index contributed by atoms with van der Waals surface area (Å²) >= 11 is 0.